The molecule has 1 aliphatic rings. The van der Waals surface area contributed by atoms with Gasteiger partial charge in [0.25, 0.3) is 0 Å². The maximum atomic E-state index is 13.2. The first kappa shape index (κ1) is 26.9. The molecule has 0 fully saturated rings. The van der Waals surface area contributed by atoms with Crippen LogP contribution in [-0.2, 0) is 19.8 Å². The number of hydrogen-bond donors (Lipinski definition) is 2. The number of fused-ring (bicyclic) bond motifs is 1. The smallest absolute Gasteiger partial charge is 0.410 e. The standard InChI is InChI=1S/C24H37N3O5S/c1-15-19(33)26-17-14-16(10-11-18(17)30-15)24(25,20(28)31-22(2,3)4)12-9-13-27(8)21(29)32-23(5,6)7/h10-11,14-15H,9,12-13,25H2,1-8H3,(H,26,33). The summed E-state index contributed by atoms with van der Waals surface area (Å²) in [6, 6.07) is 5.31. The van der Waals surface area contributed by atoms with E-state index in [-0.39, 0.29) is 12.5 Å². The van der Waals surface area contributed by atoms with Crippen LogP contribution in [-0.4, -0.2) is 52.8 Å². The second-order valence-corrected chi connectivity index (χ2v) is 10.9. The quantitative estimate of drug-likeness (QED) is 0.459. The summed E-state index contributed by atoms with van der Waals surface area (Å²) < 4.78 is 16.9. The van der Waals surface area contributed by atoms with Crippen LogP contribution in [0.3, 0.4) is 0 Å². The lowest BCUT2D eigenvalue weighted by molar-refractivity contribution is -0.162. The lowest BCUT2D eigenvalue weighted by Gasteiger charge is -2.33. The number of nitrogens with zero attached hydrogens (tertiary/aromatic N) is 1. The van der Waals surface area contributed by atoms with Gasteiger partial charge in [-0.1, -0.05) is 18.3 Å². The highest BCUT2D eigenvalue weighted by molar-refractivity contribution is 7.80. The lowest BCUT2D eigenvalue weighted by atomic mass is 9.85. The van der Waals surface area contributed by atoms with Gasteiger partial charge in [0.15, 0.2) is 0 Å². The predicted octanol–water partition coefficient (Wildman–Crippen LogP) is 4.35. The summed E-state index contributed by atoms with van der Waals surface area (Å²) in [5.74, 6) is 0.0959. The molecule has 0 saturated carbocycles. The van der Waals surface area contributed by atoms with Gasteiger partial charge in [0.2, 0.25) is 0 Å². The predicted molar refractivity (Wildman–Crippen MR) is 133 cm³/mol. The van der Waals surface area contributed by atoms with E-state index in [1.807, 2.05) is 27.7 Å². The molecule has 1 amide bonds. The number of carbonyl (C=O) groups excluding carboxylic acids is 2. The van der Waals surface area contributed by atoms with Gasteiger partial charge < -0.3 is 30.2 Å². The van der Waals surface area contributed by atoms with Gasteiger partial charge in [0.1, 0.15) is 33.6 Å². The lowest BCUT2D eigenvalue weighted by Crippen LogP contribution is -2.49. The summed E-state index contributed by atoms with van der Waals surface area (Å²) in [5.41, 5.74) is 5.22. The first-order valence-electron chi connectivity index (χ1n) is 11.1. The van der Waals surface area contributed by atoms with E-state index >= 15 is 0 Å². The molecule has 0 saturated heterocycles. The molecule has 1 heterocycles. The molecule has 0 bridgehead atoms. The zero-order valence-corrected chi connectivity index (χ0v) is 21.7. The fourth-order valence-corrected chi connectivity index (χ4v) is 3.40. The zero-order valence-electron chi connectivity index (χ0n) is 20.9. The van der Waals surface area contributed by atoms with Crippen LogP contribution in [0.25, 0.3) is 0 Å². The highest BCUT2D eigenvalue weighted by Gasteiger charge is 2.40. The van der Waals surface area contributed by atoms with Crippen LogP contribution in [0.4, 0.5) is 10.5 Å². The van der Waals surface area contributed by atoms with Gasteiger partial charge in [0, 0.05) is 13.6 Å². The van der Waals surface area contributed by atoms with Crippen molar-refractivity contribution >= 4 is 35.0 Å². The number of anilines is 1. The zero-order chi connectivity index (χ0) is 25.2. The number of rotatable bonds is 6. The topological polar surface area (TPSA) is 103 Å². The number of hydrogen-bond acceptors (Lipinski definition) is 7. The summed E-state index contributed by atoms with van der Waals surface area (Å²) in [6.45, 7) is 13.0. The van der Waals surface area contributed by atoms with E-state index in [9.17, 15) is 9.59 Å². The van der Waals surface area contributed by atoms with Gasteiger partial charge in [-0.15, -0.1) is 0 Å². The van der Waals surface area contributed by atoms with Crippen LogP contribution in [0.15, 0.2) is 18.2 Å². The number of thiocarbonyl (C=S) groups is 1. The number of esters is 1. The first-order chi connectivity index (χ1) is 15.0. The Morgan fingerprint density at radius 1 is 1.15 bits per heavy atom. The van der Waals surface area contributed by atoms with E-state index in [1.54, 1.807) is 46.0 Å². The van der Waals surface area contributed by atoms with Crippen LogP contribution in [0.5, 0.6) is 5.75 Å². The Morgan fingerprint density at radius 3 is 2.33 bits per heavy atom. The molecule has 0 radical (unpaired) electrons. The van der Waals surface area contributed by atoms with E-state index in [0.717, 1.165) is 0 Å². The molecule has 0 spiro atoms. The van der Waals surface area contributed by atoms with Crippen molar-refractivity contribution in [2.24, 2.45) is 5.73 Å². The maximum Gasteiger partial charge on any atom is 0.410 e. The Bertz CT molecular complexity index is 906. The van der Waals surface area contributed by atoms with Gasteiger partial charge in [-0.2, -0.15) is 0 Å². The Kier molecular flexibility index (Phi) is 8.02. The summed E-state index contributed by atoms with van der Waals surface area (Å²) in [7, 11) is 1.65. The Labute approximate surface area is 202 Å². The van der Waals surface area contributed by atoms with E-state index in [1.165, 1.54) is 4.90 Å². The second kappa shape index (κ2) is 9.85. The van der Waals surface area contributed by atoms with Crippen molar-refractivity contribution in [1.29, 1.82) is 0 Å². The third-order valence-electron chi connectivity index (χ3n) is 4.96. The van der Waals surface area contributed by atoms with Crippen molar-refractivity contribution in [2.75, 3.05) is 18.9 Å². The molecule has 1 aliphatic heterocycles. The molecule has 1 aromatic rings. The summed E-state index contributed by atoms with van der Waals surface area (Å²) in [5, 5.41) is 3.15. The van der Waals surface area contributed by atoms with Gasteiger partial charge in [-0.05, 0) is 79.0 Å². The monoisotopic (exact) mass is 479 g/mol. The van der Waals surface area contributed by atoms with Gasteiger partial charge >= 0.3 is 12.1 Å². The van der Waals surface area contributed by atoms with Crippen molar-refractivity contribution in [3.8, 4) is 5.75 Å². The van der Waals surface area contributed by atoms with Crippen LogP contribution in [0.2, 0.25) is 0 Å². The number of nitrogens with one attached hydrogen (secondary N) is 1. The van der Waals surface area contributed by atoms with Crippen molar-refractivity contribution in [3.05, 3.63) is 23.8 Å². The van der Waals surface area contributed by atoms with Crippen molar-refractivity contribution in [3.63, 3.8) is 0 Å². The first-order valence-corrected chi connectivity index (χ1v) is 11.5. The molecule has 0 aliphatic carbocycles. The number of nitrogens with two attached hydrogens (primary N) is 1. The molecule has 3 N–H and O–H groups in total. The largest absolute Gasteiger partial charge is 0.481 e. The molecule has 184 valence electrons. The molecule has 8 nitrogen and oxygen atoms in total. The molecule has 2 atom stereocenters. The highest BCUT2D eigenvalue weighted by Crippen LogP contribution is 2.36. The Balaban J connectivity index is 2.25. The van der Waals surface area contributed by atoms with Crippen LogP contribution in [0, 0.1) is 0 Å². The second-order valence-electron chi connectivity index (χ2n) is 10.4. The van der Waals surface area contributed by atoms with Crippen molar-refractivity contribution in [2.45, 2.75) is 84.2 Å². The van der Waals surface area contributed by atoms with Crippen LogP contribution >= 0.6 is 12.2 Å². The fourth-order valence-electron chi connectivity index (χ4n) is 3.25. The third-order valence-corrected chi connectivity index (χ3v) is 5.39. The third kappa shape index (κ3) is 7.30. The van der Waals surface area contributed by atoms with Gasteiger partial charge in [-0.3, -0.25) is 0 Å². The molecular formula is C24H37N3O5S. The molecule has 0 aromatic heterocycles. The minimum atomic E-state index is -1.43. The summed E-state index contributed by atoms with van der Waals surface area (Å²) >= 11 is 5.32. The molecule has 2 rings (SSSR count). The highest BCUT2D eigenvalue weighted by atomic mass is 32.1. The van der Waals surface area contributed by atoms with Gasteiger partial charge in [0.05, 0.1) is 5.69 Å². The number of amides is 1. The molecule has 1 aromatic carbocycles. The fraction of sp³-hybridized carbons (Fsp3) is 0.625. The number of benzene rings is 1. The molecule has 9 heteroatoms. The molecule has 33 heavy (non-hydrogen) atoms. The van der Waals surface area contributed by atoms with Crippen molar-refractivity contribution < 1.29 is 23.8 Å². The average molecular weight is 480 g/mol. The van der Waals surface area contributed by atoms with Crippen LogP contribution < -0.4 is 15.8 Å². The van der Waals surface area contributed by atoms with Crippen LogP contribution in [0.1, 0.15) is 66.9 Å². The van der Waals surface area contributed by atoms with Crippen molar-refractivity contribution in [1.82, 2.24) is 4.90 Å². The molecular weight excluding hydrogens is 442 g/mol. The Hall–Kier alpha value is -2.39. The van der Waals surface area contributed by atoms with E-state index in [0.29, 0.717) is 35.0 Å². The summed E-state index contributed by atoms with van der Waals surface area (Å²) in [4.78, 5) is 27.5. The van der Waals surface area contributed by atoms with E-state index < -0.39 is 28.8 Å². The van der Waals surface area contributed by atoms with E-state index in [4.69, 9.17) is 32.2 Å². The maximum absolute atomic E-state index is 13.2. The normalized spacial score (nSPS) is 17.7. The Morgan fingerprint density at radius 2 is 1.76 bits per heavy atom. The van der Waals surface area contributed by atoms with E-state index in [2.05, 4.69) is 5.32 Å². The minimum Gasteiger partial charge on any atom is -0.481 e. The number of carbonyl (C=O) groups is 2. The molecule has 2 unspecified atom stereocenters. The SMILES string of the molecule is CC1Oc2ccc(C(N)(CCCN(C)C(=O)OC(C)(C)C)C(=O)OC(C)(C)C)cc2NC1=S. The minimum absolute atomic E-state index is 0.241. The number of ether oxygens (including phenoxy) is 3. The summed E-state index contributed by atoms with van der Waals surface area (Å²) in [6.07, 6.45) is 0.0488. The van der Waals surface area contributed by atoms with Gasteiger partial charge in [-0.25, -0.2) is 9.59 Å². The average Bonchev–Trinajstić information content (AvgIpc) is 2.65.